The van der Waals surface area contributed by atoms with Crippen molar-refractivity contribution in [2.24, 2.45) is 5.73 Å². The van der Waals surface area contributed by atoms with Crippen molar-refractivity contribution in [1.82, 2.24) is 0 Å². The van der Waals surface area contributed by atoms with Gasteiger partial charge < -0.3 is 15.2 Å². The second-order valence-electron chi connectivity index (χ2n) is 6.19. The Balaban J connectivity index is 2.29. The highest BCUT2D eigenvalue weighted by Gasteiger charge is 2.15. The summed E-state index contributed by atoms with van der Waals surface area (Å²) in [7, 11) is 0. The quantitative estimate of drug-likeness (QED) is 0.782. The SMILES string of the molecule is CCOc1ccc(CC(CN)c2cc(C)cc(C)c2)c(OCC)c1. The van der Waals surface area contributed by atoms with E-state index in [2.05, 4.69) is 38.1 Å². The molecule has 0 heterocycles. The van der Waals surface area contributed by atoms with E-state index in [1.807, 2.05) is 26.0 Å². The van der Waals surface area contributed by atoms with Gasteiger partial charge in [0.2, 0.25) is 0 Å². The van der Waals surface area contributed by atoms with Crippen LogP contribution >= 0.6 is 0 Å². The van der Waals surface area contributed by atoms with Gasteiger partial charge in [0.25, 0.3) is 0 Å². The molecule has 2 aromatic rings. The molecule has 1 unspecified atom stereocenters. The fourth-order valence-electron chi connectivity index (χ4n) is 3.10. The third-order valence-corrected chi connectivity index (χ3v) is 4.12. The average molecular weight is 327 g/mol. The summed E-state index contributed by atoms with van der Waals surface area (Å²) in [6.07, 6.45) is 0.862. The lowest BCUT2D eigenvalue weighted by Crippen LogP contribution is -2.16. The monoisotopic (exact) mass is 327 g/mol. The van der Waals surface area contributed by atoms with Crippen LogP contribution in [0.3, 0.4) is 0 Å². The molecule has 0 aliphatic carbocycles. The van der Waals surface area contributed by atoms with E-state index in [1.165, 1.54) is 22.3 Å². The number of hydrogen-bond donors (Lipinski definition) is 1. The van der Waals surface area contributed by atoms with Gasteiger partial charge in [-0.1, -0.05) is 35.4 Å². The summed E-state index contributed by atoms with van der Waals surface area (Å²) in [5, 5.41) is 0. The van der Waals surface area contributed by atoms with Crippen molar-refractivity contribution in [2.75, 3.05) is 19.8 Å². The molecule has 0 bridgehead atoms. The lowest BCUT2D eigenvalue weighted by molar-refractivity contribution is 0.320. The van der Waals surface area contributed by atoms with E-state index >= 15 is 0 Å². The molecule has 0 saturated heterocycles. The molecule has 2 rings (SSSR count). The van der Waals surface area contributed by atoms with Crippen LogP contribution in [-0.2, 0) is 6.42 Å². The zero-order valence-electron chi connectivity index (χ0n) is 15.3. The van der Waals surface area contributed by atoms with E-state index in [0.29, 0.717) is 19.8 Å². The van der Waals surface area contributed by atoms with Crippen LogP contribution in [0.15, 0.2) is 36.4 Å². The molecule has 0 aliphatic rings. The first-order chi connectivity index (χ1) is 11.6. The maximum Gasteiger partial charge on any atom is 0.126 e. The Morgan fingerprint density at radius 1 is 0.917 bits per heavy atom. The predicted octanol–water partition coefficient (Wildman–Crippen LogP) is 4.39. The van der Waals surface area contributed by atoms with E-state index in [-0.39, 0.29) is 5.92 Å². The molecule has 24 heavy (non-hydrogen) atoms. The van der Waals surface area contributed by atoms with Crippen molar-refractivity contribution in [1.29, 1.82) is 0 Å². The Labute approximate surface area is 145 Å². The molecule has 3 nitrogen and oxygen atoms in total. The number of benzene rings is 2. The molecular weight excluding hydrogens is 298 g/mol. The Kier molecular flexibility index (Phi) is 6.68. The maximum absolute atomic E-state index is 6.09. The molecule has 2 N–H and O–H groups in total. The molecule has 0 amide bonds. The maximum atomic E-state index is 6.09. The fraction of sp³-hybridized carbons (Fsp3) is 0.429. The standard InChI is InChI=1S/C21H29NO2/c1-5-23-20-8-7-17(21(13-20)24-6-2)12-19(14-22)18-10-15(3)9-16(4)11-18/h7-11,13,19H,5-6,12,14,22H2,1-4H3. The zero-order valence-corrected chi connectivity index (χ0v) is 15.3. The van der Waals surface area contributed by atoms with E-state index < -0.39 is 0 Å². The summed E-state index contributed by atoms with van der Waals surface area (Å²) in [5.41, 5.74) is 11.1. The van der Waals surface area contributed by atoms with Crippen LogP contribution in [0.25, 0.3) is 0 Å². The number of aryl methyl sites for hydroxylation is 2. The minimum atomic E-state index is 0.278. The molecule has 0 radical (unpaired) electrons. The van der Waals surface area contributed by atoms with Crippen molar-refractivity contribution >= 4 is 0 Å². The van der Waals surface area contributed by atoms with Gasteiger partial charge in [-0.2, -0.15) is 0 Å². The second kappa shape index (κ2) is 8.74. The van der Waals surface area contributed by atoms with Crippen molar-refractivity contribution in [3.8, 4) is 11.5 Å². The number of rotatable bonds is 8. The average Bonchev–Trinajstić information content (AvgIpc) is 2.54. The second-order valence-corrected chi connectivity index (χ2v) is 6.19. The normalized spacial score (nSPS) is 12.0. The van der Waals surface area contributed by atoms with Gasteiger partial charge in [0.05, 0.1) is 13.2 Å². The van der Waals surface area contributed by atoms with Gasteiger partial charge in [-0.3, -0.25) is 0 Å². The Hall–Kier alpha value is -2.00. The Morgan fingerprint density at radius 2 is 1.58 bits per heavy atom. The summed E-state index contributed by atoms with van der Waals surface area (Å²) in [6, 6.07) is 12.8. The molecule has 0 spiro atoms. The van der Waals surface area contributed by atoms with Crippen molar-refractivity contribution in [3.05, 3.63) is 58.7 Å². The summed E-state index contributed by atoms with van der Waals surface area (Å²) >= 11 is 0. The third kappa shape index (κ3) is 4.75. The number of nitrogens with two attached hydrogens (primary N) is 1. The van der Waals surface area contributed by atoms with Crippen LogP contribution in [0.1, 0.15) is 42.0 Å². The van der Waals surface area contributed by atoms with Crippen molar-refractivity contribution in [2.45, 2.75) is 40.0 Å². The lowest BCUT2D eigenvalue weighted by Gasteiger charge is -2.19. The first kappa shape index (κ1) is 18.3. The van der Waals surface area contributed by atoms with Gasteiger partial charge in [-0.15, -0.1) is 0 Å². The predicted molar refractivity (Wildman–Crippen MR) is 100 cm³/mol. The first-order valence-electron chi connectivity index (χ1n) is 8.74. The zero-order chi connectivity index (χ0) is 17.5. The van der Waals surface area contributed by atoms with Crippen molar-refractivity contribution in [3.63, 3.8) is 0 Å². The number of ether oxygens (including phenoxy) is 2. The summed E-state index contributed by atoms with van der Waals surface area (Å²) in [5.74, 6) is 2.02. The smallest absolute Gasteiger partial charge is 0.126 e. The summed E-state index contributed by atoms with van der Waals surface area (Å²) < 4.78 is 11.4. The van der Waals surface area contributed by atoms with Crippen LogP contribution in [0.4, 0.5) is 0 Å². The molecule has 0 aromatic heterocycles. The topological polar surface area (TPSA) is 44.5 Å². The van der Waals surface area contributed by atoms with Crippen LogP contribution in [-0.4, -0.2) is 19.8 Å². The van der Waals surface area contributed by atoms with Gasteiger partial charge in [-0.05, 0) is 57.9 Å². The lowest BCUT2D eigenvalue weighted by atomic mass is 9.89. The highest BCUT2D eigenvalue weighted by Crippen LogP contribution is 2.30. The summed E-state index contributed by atoms with van der Waals surface area (Å²) in [4.78, 5) is 0. The fourth-order valence-corrected chi connectivity index (χ4v) is 3.10. The van der Waals surface area contributed by atoms with E-state index in [0.717, 1.165) is 17.9 Å². The van der Waals surface area contributed by atoms with Gasteiger partial charge in [-0.25, -0.2) is 0 Å². The third-order valence-electron chi connectivity index (χ3n) is 4.12. The van der Waals surface area contributed by atoms with Crippen LogP contribution in [0.2, 0.25) is 0 Å². The Morgan fingerprint density at radius 3 is 2.17 bits per heavy atom. The van der Waals surface area contributed by atoms with Crippen LogP contribution in [0.5, 0.6) is 11.5 Å². The molecule has 0 fully saturated rings. The van der Waals surface area contributed by atoms with Gasteiger partial charge in [0, 0.05) is 12.0 Å². The van der Waals surface area contributed by atoms with E-state index in [9.17, 15) is 0 Å². The summed E-state index contributed by atoms with van der Waals surface area (Å²) in [6.45, 7) is 10.2. The molecule has 3 heteroatoms. The van der Waals surface area contributed by atoms with Gasteiger partial charge in [0.1, 0.15) is 11.5 Å². The Bertz CT molecular complexity index is 647. The first-order valence-corrected chi connectivity index (χ1v) is 8.74. The number of hydrogen-bond acceptors (Lipinski definition) is 3. The van der Waals surface area contributed by atoms with Gasteiger partial charge >= 0.3 is 0 Å². The molecule has 1 atom stereocenters. The highest BCUT2D eigenvalue weighted by molar-refractivity contribution is 5.42. The molecule has 2 aromatic carbocycles. The van der Waals surface area contributed by atoms with Crippen molar-refractivity contribution < 1.29 is 9.47 Å². The van der Waals surface area contributed by atoms with E-state index in [4.69, 9.17) is 15.2 Å². The van der Waals surface area contributed by atoms with Crippen LogP contribution < -0.4 is 15.2 Å². The van der Waals surface area contributed by atoms with E-state index in [1.54, 1.807) is 0 Å². The molecule has 0 saturated carbocycles. The van der Waals surface area contributed by atoms with Gasteiger partial charge in [0.15, 0.2) is 0 Å². The van der Waals surface area contributed by atoms with Crippen LogP contribution in [0, 0.1) is 13.8 Å². The molecule has 130 valence electrons. The molecule has 0 aliphatic heterocycles. The minimum absolute atomic E-state index is 0.278. The molecular formula is C21H29NO2. The minimum Gasteiger partial charge on any atom is -0.494 e. The largest absolute Gasteiger partial charge is 0.494 e. The highest BCUT2D eigenvalue weighted by atomic mass is 16.5.